The third kappa shape index (κ3) is 13.1. The number of unbranched alkanes of at least 4 members (excludes halogenated alkanes) is 2. The standard InChI is InChI=1S/C27H49N7O7S/c1-33(12-14-40-2)17-24(37)34(13-15-41-3)16-23(36)30-19(26(28)38)8-6-7-11-29-22(35)10-5-4-9-21-25-20(18-42-21)31-27(39)32-25/h19-21,25H,4-18H2,1-3H3,(H2,28,38)(H,29,35)(H,30,36)(H2,31,32,39)/t19-,20-,21?,25-/m0/s1. The molecule has 4 atom stereocenters. The minimum atomic E-state index is -0.870. The number of rotatable bonds is 22. The quantitative estimate of drug-likeness (QED) is 0.0755. The Balaban J connectivity index is 1.62. The molecule has 15 heteroatoms. The molecule has 2 aliphatic heterocycles. The fourth-order valence-corrected chi connectivity index (χ4v) is 6.46. The van der Waals surface area contributed by atoms with Crippen molar-refractivity contribution in [1.29, 1.82) is 0 Å². The second-order valence-electron chi connectivity index (χ2n) is 10.8. The lowest BCUT2D eigenvalue weighted by Crippen LogP contribution is -2.50. The Morgan fingerprint density at radius 2 is 1.76 bits per heavy atom. The predicted octanol–water partition coefficient (Wildman–Crippen LogP) is -0.978. The number of hydrogen-bond donors (Lipinski definition) is 5. The molecule has 2 aliphatic rings. The molecular formula is C27H49N7O7S. The predicted molar refractivity (Wildman–Crippen MR) is 160 cm³/mol. The number of fused-ring (bicyclic) bond motifs is 1. The maximum absolute atomic E-state index is 12.7. The first kappa shape index (κ1) is 35.6. The number of methoxy groups -OCH3 is 2. The smallest absolute Gasteiger partial charge is 0.315 e. The largest absolute Gasteiger partial charge is 0.383 e. The van der Waals surface area contributed by atoms with Crippen LogP contribution in [0.25, 0.3) is 0 Å². The van der Waals surface area contributed by atoms with E-state index in [1.807, 2.05) is 11.8 Å². The summed E-state index contributed by atoms with van der Waals surface area (Å²) in [5, 5.41) is 11.8. The zero-order valence-electron chi connectivity index (χ0n) is 25.2. The second kappa shape index (κ2) is 19.5. The van der Waals surface area contributed by atoms with E-state index in [4.69, 9.17) is 15.2 Å². The van der Waals surface area contributed by atoms with Crippen LogP contribution in [0.4, 0.5) is 4.79 Å². The van der Waals surface area contributed by atoms with Gasteiger partial charge in [-0.15, -0.1) is 0 Å². The fourth-order valence-electron chi connectivity index (χ4n) is 4.91. The number of urea groups is 1. The maximum atomic E-state index is 12.7. The SMILES string of the molecule is COCCN(C)CC(=O)N(CCOC)CC(=O)N[C@@H](CCCCNC(=O)CCCCC1SC[C@@H]2NC(=O)N[C@H]12)C(N)=O. The van der Waals surface area contributed by atoms with Gasteiger partial charge in [-0.1, -0.05) is 6.42 Å². The van der Waals surface area contributed by atoms with Crippen molar-refractivity contribution < 1.29 is 33.4 Å². The molecule has 0 aromatic heterocycles. The average molecular weight is 616 g/mol. The van der Waals surface area contributed by atoms with Gasteiger partial charge in [0.2, 0.25) is 23.6 Å². The maximum Gasteiger partial charge on any atom is 0.315 e. The van der Waals surface area contributed by atoms with Gasteiger partial charge in [-0.3, -0.25) is 24.1 Å². The molecule has 0 saturated carbocycles. The number of carbonyl (C=O) groups is 5. The van der Waals surface area contributed by atoms with E-state index in [0.29, 0.717) is 50.6 Å². The zero-order chi connectivity index (χ0) is 30.9. The van der Waals surface area contributed by atoms with E-state index in [0.717, 1.165) is 25.0 Å². The Morgan fingerprint density at radius 1 is 1.02 bits per heavy atom. The van der Waals surface area contributed by atoms with Crippen LogP contribution < -0.4 is 27.0 Å². The molecule has 2 rings (SSSR count). The summed E-state index contributed by atoms with van der Waals surface area (Å²) in [6.07, 6.45) is 4.64. The molecule has 0 aliphatic carbocycles. The van der Waals surface area contributed by atoms with E-state index < -0.39 is 17.9 Å². The van der Waals surface area contributed by atoms with Crippen molar-refractivity contribution in [3.05, 3.63) is 0 Å². The number of likely N-dealkylation sites (N-methyl/N-ethyl adjacent to an activating group) is 1. The summed E-state index contributed by atoms with van der Waals surface area (Å²) in [4.78, 5) is 64.3. The monoisotopic (exact) mass is 615 g/mol. The van der Waals surface area contributed by atoms with Gasteiger partial charge in [0.15, 0.2) is 0 Å². The molecule has 2 fully saturated rings. The van der Waals surface area contributed by atoms with Crippen LogP contribution in [0.1, 0.15) is 44.9 Å². The van der Waals surface area contributed by atoms with Crippen molar-refractivity contribution in [1.82, 2.24) is 31.1 Å². The van der Waals surface area contributed by atoms with Gasteiger partial charge in [-0.25, -0.2) is 4.79 Å². The minimum Gasteiger partial charge on any atom is -0.383 e. The number of hydrogen-bond acceptors (Lipinski definition) is 9. The molecule has 2 saturated heterocycles. The zero-order valence-corrected chi connectivity index (χ0v) is 26.0. The van der Waals surface area contributed by atoms with Crippen molar-refractivity contribution in [3.8, 4) is 0 Å². The Hall–Kier alpha value is -2.62. The highest BCUT2D eigenvalue weighted by molar-refractivity contribution is 8.00. The van der Waals surface area contributed by atoms with Gasteiger partial charge < -0.3 is 41.4 Å². The van der Waals surface area contributed by atoms with Gasteiger partial charge in [-0.05, 0) is 39.2 Å². The van der Waals surface area contributed by atoms with Crippen LogP contribution in [-0.2, 0) is 28.7 Å². The van der Waals surface area contributed by atoms with E-state index in [9.17, 15) is 24.0 Å². The van der Waals surface area contributed by atoms with Gasteiger partial charge >= 0.3 is 6.03 Å². The van der Waals surface area contributed by atoms with Crippen LogP contribution in [0, 0.1) is 0 Å². The molecule has 0 spiro atoms. The molecule has 6 amide bonds. The van der Waals surface area contributed by atoms with Gasteiger partial charge in [-0.2, -0.15) is 11.8 Å². The molecule has 0 aromatic carbocycles. The van der Waals surface area contributed by atoms with Gasteiger partial charge in [0, 0.05) is 51.3 Å². The highest BCUT2D eigenvalue weighted by Crippen LogP contribution is 2.33. The molecule has 2 heterocycles. The molecule has 0 bridgehead atoms. The summed E-state index contributed by atoms with van der Waals surface area (Å²) in [6.45, 7) is 1.91. The third-order valence-corrected chi connectivity index (χ3v) is 8.84. The summed E-state index contributed by atoms with van der Waals surface area (Å²) < 4.78 is 10.1. The molecule has 6 N–H and O–H groups in total. The molecule has 0 aromatic rings. The number of thioether (sulfide) groups is 1. The van der Waals surface area contributed by atoms with Crippen LogP contribution in [0.5, 0.6) is 0 Å². The first-order chi connectivity index (χ1) is 20.1. The summed E-state index contributed by atoms with van der Waals surface area (Å²) in [6, 6.07) is -0.569. The molecule has 14 nitrogen and oxygen atoms in total. The lowest BCUT2D eigenvalue weighted by atomic mass is 10.0. The van der Waals surface area contributed by atoms with Crippen molar-refractivity contribution in [2.75, 3.05) is 73.0 Å². The number of nitrogens with two attached hydrogens (primary N) is 1. The van der Waals surface area contributed by atoms with E-state index in [1.165, 1.54) is 12.0 Å². The first-order valence-electron chi connectivity index (χ1n) is 14.6. The first-order valence-corrected chi connectivity index (χ1v) is 15.7. The van der Waals surface area contributed by atoms with Crippen LogP contribution >= 0.6 is 11.8 Å². The summed E-state index contributed by atoms with van der Waals surface area (Å²) in [5.41, 5.74) is 5.51. The van der Waals surface area contributed by atoms with Crippen molar-refractivity contribution in [2.45, 2.75) is 68.3 Å². The number of amides is 6. The van der Waals surface area contributed by atoms with Crippen molar-refractivity contribution in [3.63, 3.8) is 0 Å². The fraction of sp³-hybridized carbons (Fsp3) is 0.815. The molecule has 42 heavy (non-hydrogen) atoms. The van der Waals surface area contributed by atoms with E-state index in [-0.39, 0.29) is 56.2 Å². The number of nitrogens with zero attached hydrogens (tertiary/aromatic N) is 2. The molecule has 1 unspecified atom stereocenters. The Bertz CT molecular complexity index is 897. The average Bonchev–Trinajstić information content (AvgIpc) is 3.50. The van der Waals surface area contributed by atoms with Crippen LogP contribution in [-0.4, -0.2) is 136 Å². The number of ether oxygens (including phenoxy) is 2. The van der Waals surface area contributed by atoms with E-state index in [1.54, 1.807) is 19.1 Å². The summed E-state index contributed by atoms with van der Waals surface area (Å²) in [7, 11) is 4.89. The van der Waals surface area contributed by atoms with E-state index >= 15 is 0 Å². The molecular weight excluding hydrogens is 566 g/mol. The van der Waals surface area contributed by atoms with Gasteiger partial charge in [0.1, 0.15) is 6.04 Å². The summed E-state index contributed by atoms with van der Waals surface area (Å²) in [5.74, 6) is -0.459. The summed E-state index contributed by atoms with van der Waals surface area (Å²) >= 11 is 1.87. The number of carbonyl (C=O) groups excluding carboxylic acids is 5. The third-order valence-electron chi connectivity index (χ3n) is 7.34. The normalized spacial score (nSPS) is 20.0. The Labute approximate surface area is 252 Å². The second-order valence-corrected chi connectivity index (χ2v) is 12.0. The van der Waals surface area contributed by atoms with Crippen LogP contribution in [0.2, 0.25) is 0 Å². The number of nitrogens with one attached hydrogen (secondary N) is 4. The topological polar surface area (TPSA) is 184 Å². The lowest BCUT2D eigenvalue weighted by molar-refractivity contribution is -0.138. The molecule has 0 radical (unpaired) electrons. The van der Waals surface area contributed by atoms with Crippen molar-refractivity contribution in [2.24, 2.45) is 5.73 Å². The Kier molecular flexibility index (Phi) is 16.6. The Morgan fingerprint density at radius 3 is 2.48 bits per heavy atom. The highest BCUT2D eigenvalue weighted by atomic mass is 32.2. The highest BCUT2D eigenvalue weighted by Gasteiger charge is 2.42. The van der Waals surface area contributed by atoms with Gasteiger partial charge in [0.25, 0.3) is 0 Å². The minimum absolute atomic E-state index is 0.0174. The van der Waals surface area contributed by atoms with Gasteiger partial charge in [0.05, 0.1) is 38.4 Å². The number of primary amides is 1. The lowest BCUT2D eigenvalue weighted by Gasteiger charge is -2.25. The van der Waals surface area contributed by atoms with Crippen LogP contribution in [0.15, 0.2) is 0 Å². The van der Waals surface area contributed by atoms with Crippen LogP contribution in [0.3, 0.4) is 0 Å². The van der Waals surface area contributed by atoms with Crippen molar-refractivity contribution >= 4 is 41.4 Å². The van der Waals surface area contributed by atoms with E-state index in [2.05, 4.69) is 21.3 Å². The molecule has 240 valence electrons.